The third kappa shape index (κ3) is 4.10. The van der Waals surface area contributed by atoms with E-state index in [0.717, 1.165) is 50.0 Å². The summed E-state index contributed by atoms with van der Waals surface area (Å²) in [6, 6.07) is 8.20. The van der Waals surface area contributed by atoms with Crippen LogP contribution in [0.1, 0.15) is 24.8 Å². The highest BCUT2D eigenvalue weighted by Gasteiger charge is 2.26. The van der Waals surface area contributed by atoms with Gasteiger partial charge >= 0.3 is 0 Å². The van der Waals surface area contributed by atoms with Crippen LogP contribution in [0.3, 0.4) is 0 Å². The predicted molar refractivity (Wildman–Crippen MR) is 99.0 cm³/mol. The molecule has 0 spiro atoms. The van der Waals surface area contributed by atoms with Gasteiger partial charge in [-0.3, -0.25) is 4.79 Å². The minimum atomic E-state index is 0.272. The minimum absolute atomic E-state index is 0.272. The van der Waals surface area contributed by atoms with Crippen LogP contribution in [0.4, 0.5) is 0 Å². The number of fused-ring (bicyclic) bond motifs is 1. The summed E-state index contributed by atoms with van der Waals surface area (Å²) in [6.07, 6.45) is 5.29. The van der Waals surface area contributed by atoms with Crippen molar-refractivity contribution in [2.24, 2.45) is 11.8 Å². The van der Waals surface area contributed by atoms with E-state index in [-0.39, 0.29) is 5.91 Å². The van der Waals surface area contributed by atoms with Gasteiger partial charge in [0.1, 0.15) is 5.58 Å². The Hall–Kier alpha value is -1.85. The molecule has 2 aliphatic heterocycles. The molecule has 140 valence electrons. The van der Waals surface area contributed by atoms with Gasteiger partial charge in [0, 0.05) is 44.0 Å². The second kappa shape index (κ2) is 8.23. The quantitative estimate of drug-likeness (QED) is 0.843. The van der Waals surface area contributed by atoms with Crippen molar-refractivity contribution < 1.29 is 18.7 Å². The van der Waals surface area contributed by atoms with E-state index in [1.54, 1.807) is 6.26 Å². The summed E-state index contributed by atoms with van der Waals surface area (Å²) in [7, 11) is 0. The Labute approximate surface area is 154 Å². The molecule has 5 heteroatoms. The van der Waals surface area contributed by atoms with Gasteiger partial charge in [0.15, 0.2) is 0 Å². The molecule has 1 aromatic heterocycles. The van der Waals surface area contributed by atoms with E-state index in [9.17, 15) is 4.79 Å². The lowest BCUT2D eigenvalue weighted by molar-refractivity contribution is -0.133. The van der Waals surface area contributed by atoms with Gasteiger partial charge in [-0.25, -0.2) is 0 Å². The minimum Gasteiger partial charge on any atom is -0.464 e. The lowest BCUT2D eigenvalue weighted by Gasteiger charge is -2.27. The fourth-order valence-corrected chi connectivity index (χ4v) is 4.10. The lowest BCUT2D eigenvalue weighted by atomic mass is 9.94. The number of nitrogens with zero attached hydrogens (tertiary/aromatic N) is 1. The summed E-state index contributed by atoms with van der Waals surface area (Å²) in [6.45, 7) is 4.39. The van der Waals surface area contributed by atoms with Crippen molar-refractivity contribution in [3.8, 4) is 0 Å². The van der Waals surface area contributed by atoms with Crippen molar-refractivity contribution in [3.05, 3.63) is 36.1 Å². The van der Waals surface area contributed by atoms with Crippen LogP contribution in [0.5, 0.6) is 0 Å². The first kappa shape index (κ1) is 17.6. The van der Waals surface area contributed by atoms with Gasteiger partial charge in [0.25, 0.3) is 0 Å². The van der Waals surface area contributed by atoms with Crippen LogP contribution in [0.2, 0.25) is 0 Å². The fraction of sp³-hybridized carbons (Fsp3) is 0.571. The predicted octanol–water partition coefficient (Wildman–Crippen LogP) is 3.27. The maximum Gasteiger partial charge on any atom is 0.222 e. The van der Waals surface area contributed by atoms with Gasteiger partial charge in [-0.05, 0) is 42.9 Å². The summed E-state index contributed by atoms with van der Waals surface area (Å²) >= 11 is 0. The van der Waals surface area contributed by atoms with Gasteiger partial charge in [-0.1, -0.05) is 12.1 Å². The van der Waals surface area contributed by atoms with Crippen LogP contribution in [0.15, 0.2) is 34.9 Å². The first-order valence-corrected chi connectivity index (χ1v) is 9.68. The molecule has 4 rings (SSSR count). The summed E-state index contributed by atoms with van der Waals surface area (Å²) in [5.74, 6) is 1.06. The number of ether oxygens (including phenoxy) is 2. The second-order valence-corrected chi connectivity index (χ2v) is 7.49. The van der Waals surface area contributed by atoms with Crippen molar-refractivity contribution in [1.82, 2.24) is 4.90 Å². The molecule has 1 aromatic carbocycles. The topological polar surface area (TPSA) is 51.9 Å². The number of carbonyl (C=O) groups excluding carboxylic acids is 1. The summed E-state index contributed by atoms with van der Waals surface area (Å²) in [5, 5.41) is 1.16. The number of hydrogen-bond acceptors (Lipinski definition) is 4. The van der Waals surface area contributed by atoms with E-state index >= 15 is 0 Å². The number of furan rings is 1. The van der Waals surface area contributed by atoms with Crippen molar-refractivity contribution in [3.63, 3.8) is 0 Å². The van der Waals surface area contributed by atoms with Crippen LogP contribution in [-0.2, 0) is 20.7 Å². The van der Waals surface area contributed by atoms with Crippen LogP contribution in [-0.4, -0.2) is 50.3 Å². The highest BCUT2D eigenvalue weighted by atomic mass is 16.5. The molecule has 0 bridgehead atoms. The van der Waals surface area contributed by atoms with E-state index < -0.39 is 0 Å². The van der Waals surface area contributed by atoms with Gasteiger partial charge < -0.3 is 18.8 Å². The molecule has 0 radical (unpaired) electrons. The van der Waals surface area contributed by atoms with Gasteiger partial charge in [0.05, 0.1) is 19.5 Å². The van der Waals surface area contributed by atoms with E-state index in [1.807, 2.05) is 23.1 Å². The molecule has 3 heterocycles. The fourth-order valence-electron chi connectivity index (χ4n) is 4.10. The van der Waals surface area contributed by atoms with E-state index in [2.05, 4.69) is 6.07 Å². The highest BCUT2D eigenvalue weighted by Crippen LogP contribution is 2.25. The molecule has 26 heavy (non-hydrogen) atoms. The molecule has 2 saturated heterocycles. The van der Waals surface area contributed by atoms with Gasteiger partial charge in [0.2, 0.25) is 5.91 Å². The van der Waals surface area contributed by atoms with Crippen LogP contribution in [0.25, 0.3) is 11.0 Å². The van der Waals surface area contributed by atoms with E-state index in [4.69, 9.17) is 13.9 Å². The first-order valence-electron chi connectivity index (χ1n) is 9.68. The summed E-state index contributed by atoms with van der Waals surface area (Å²) in [5.41, 5.74) is 2.19. The Balaban J connectivity index is 1.40. The smallest absolute Gasteiger partial charge is 0.222 e. The number of amides is 1. The Morgan fingerprint density at radius 2 is 1.96 bits per heavy atom. The zero-order valence-corrected chi connectivity index (χ0v) is 15.2. The molecule has 0 saturated carbocycles. The van der Waals surface area contributed by atoms with Crippen molar-refractivity contribution in [2.45, 2.75) is 25.7 Å². The average Bonchev–Trinajstić information content (AvgIpc) is 3.02. The van der Waals surface area contributed by atoms with Crippen molar-refractivity contribution in [2.75, 3.05) is 39.5 Å². The summed E-state index contributed by atoms with van der Waals surface area (Å²) < 4.78 is 16.7. The van der Waals surface area contributed by atoms with Gasteiger partial charge in [-0.15, -0.1) is 0 Å². The average molecular weight is 357 g/mol. The molecule has 2 aromatic rings. The molecule has 2 fully saturated rings. The number of benzene rings is 1. The molecule has 2 aliphatic rings. The molecular formula is C21H27NO4. The Kier molecular flexibility index (Phi) is 5.56. The number of rotatable bonds is 4. The zero-order chi connectivity index (χ0) is 17.8. The first-order chi connectivity index (χ1) is 12.8. The lowest BCUT2D eigenvalue weighted by Crippen LogP contribution is -2.37. The SMILES string of the molecule is O=C(CC1CCOCC1)N1CCOC[C@@H](Cc2cccc3occc23)C1. The Morgan fingerprint density at radius 1 is 1.08 bits per heavy atom. The molecule has 0 unspecified atom stereocenters. The zero-order valence-electron chi connectivity index (χ0n) is 15.2. The molecule has 0 aliphatic carbocycles. The maximum absolute atomic E-state index is 12.8. The number of carbonyl (C=O) groups is 1. The molecule has 1 amide bonds. The largest absolute Gasteiger partial charge is 0.464 e. The normalized spacial score (nSPS) is 22.5. The third-order valence-electron chi connectivity index (χ3n) is 5.59. The monoisotopic (exact) mass is 357 g/mol. The Morgan fingerprint density at radius 3 is 2.85 bits per heavy atom. The van der Waals surface area contributed by atoms with E-state index in [0.29, 0.717) is 38.0 Å². The molecular weight excluding hydrogens is 330 g/mol. The number of hydrogen-bond donors (Lipinski definition) is 0. The molecule has 0 N–H and O–H groups in total. The van der Waals surface area contributed by atoms with Gasteiger partial charge in [-0.2, -0.15) is 0 Å². The van der Waals surface area contributed by atoms with Crippen LogP contribution < -0.4 is 0 Å². The van der Waals surface area contributed by atoms with E-state index in [1.165, 1.54) is 5.56 Å². The second-order valence-electron chi connectivity index (χ2n) is 7.49. The molecule has 1 atom stereocenters. The standard InChI is InChI=1S/C21H27NO4/c23-21(13-16-4-8-24-9-5-16)22-7-11-25-15-17(14-22)12-18-2-1-3-20-19(18)6-10-26-20/h1-3,6,10,16-17H,4-5,7-9,11-15H2/t17-/m0/s1. The summed E-state index contributed by atoms with van der Waals surface area (Å²) in [4.78, 5) is 14.8. The maximum atomic E-state index is 12.8. The Bertz CT molecular complexity index is 734. The molecule has 5 nitrogen and oxygen atoms in total. The van der Waals surface area contributed by atoms with Crippen LogP contribution >= 0.6 is 0 Å². The highest BCUT2D eigenvalue weighted by molar-refractivity contribution is 5.81. The van der Waals surface area contributed by atoms with Crippen molar-refractivity contribution >= 4 is 16.9 Å². The van der Waals surface area contributed by atoms with Crippen LogP contribution in [0, 0.1) is 11.8 Å². The van der Waals surface area contributed by atoms with Crippen molar-refractivity contribution in [1.29, 1.82) is 0 Å². The third-order valence-corrected chi connectivity index (χ3v) is 5.59.